The maximum Gasteiger partial charge on any atom is 0.320 e. The maximum atomic E-state index is 11.8. The molecule has 0 saturated carbocycles. The standard InChI is InChI=1S/C10H16N2O2/c1-11(2)10(14)12-7-3-4-8(12)6-9(13)5-7/h7-8H,3-6H2,1-2H3. The molecule has 0 aromatic rings. The first-order chi connectivity index (χ1) is 6.59. The van der Waals surface area contributed by atoms with Crippen LogP contribution in [0.3, 0.4) is 0 Å². The molecular weight excluding hydrogens is 180 g/mol. The van der Waals surface area contributed by atoms with Crippen molar-refractivity contribution in [3.63, 3.8) is 0 Å². The number of Topliss-reactive ketones (excluding diaryl/α,β-unsaturated/α-hetero) is 1. The van der Waals surface area contributed by atoms with Gasteiger partial charge in [0.15, 0.2) is 0 Å². The molecule has 0 spiro atoms. The number of hydrogen-bond donors (Lipinski definition) is 0. The number of amides is 2. The molecule has 14 heavy (non-hydrogen) atoms. The fourth-order valence-electron chi connectivity index (χ4n) is 2.51. The lowest BCUT2D eigenvalue weighted by Gasteiger charge is -2.35. The lowest BCUT2D eigenvalue weighted by molar-refractivity contribution is -0.122. The van der Waals surface area contributed by atoms with Crippen LogP contribution in [-0.4, -0.2) is 47.8 Å². The van der Waals surface area contributed by atoms with Gasteiger partial charge in [-0.15, -0.1) is 0 Å². The Bertz CT molecular complexity index is 259. The topological polar surface area (TPSA) is 40.6 Å². The molecule has 2 fully saturated rings. The maximum absolute atomic E-state index is 11.8. The summed E-state index contributed by atoms with van der Waals surface area (Å²) in [5.41, 5.74) is 0. The van der Waals surface area contributed by atoms with Crippen LogP contribution in [0.15, 0.2) is 0 Å². The summed E-state index contributed by atoms with van der Waals surface area (Å²) in [6.07, 6.45) is 3.12. The molecule has 2 aliphatic heterocycles. The molecule has 0 radical (unpaired) electrons. The molecule has 0 aromatic carbocycles. The van der Waals surface area contributed by atoms with E-state index in [0.29, 0.717) is 18.6 Å². The Kier molecular flexibility index (Phi) is 2.21. The van der Waals surface area contributed by atoms with Gasteiger partial charge in [0, 0.05) is 39.0 Å². The monoisotopic (exact) mass is 196 g/mol. The van der Waals surface area contributed by atoms with E-state index < -0.39 is 0 Å². The zero-order chi connectivity index (χ0) is 10.3. The van der Waals surface area contributed by atoms with Gasteiger partial charge in [-0.3, -0.25) is 4.79 Å². The molecule has 2 amide bonds. The van der Waals surface area contributed by atoms with Crippen molar-refractivity contribution in [2.24, 2.45) is 0 Å². The summed E-state index contributed by atoms with van der Waals surface area (Å²) < 4.78 is 0. The number of rotatable bonds is 0. The van der Waals surface area contributed by atoms with E-state index in [4.69, 9.17) is 0 Å². The van der Waals surface area contributed by atoms with Crippen molar-refractivity contribution in [2.45, 2.75) is 37.8 Å². The molecule has 4 nitrogen and oxygen atoms in total. The molecule has 2 heterocycles. The van der Waals surface area contributed by atoms with Gasteiger partial charge >= 0.3 is 6.03 Å². The first-order valence-electron chi connectivity index (χ1n) is 5.11. The third-order valence-corrected chi connectivity index (χ3v) is 3.15. The van der Waals surface area contributed by atoms with Gasteiger partial charge in [0.2, 0.25) is 0 Å². The number of piperidine rings is 1. The average Bonchev–Trinajstić information content (AvgIpc) is 2.37. The molecule has 2 bridgehead atoms. The molecule has 2 rings (SSSR count). The second-order valence-electron chi connectivity index (χ2n) is 4.42. The largest absolute Gasteiger partial charge is 0.331 e. The van der Waals surface area contributed by atoms with Crippen molar-refractivity contribution in [2.75, 3.05) is 14.1 Å². The predicted molar refractivity (Wildman–Crippen MR) is 52.0 cm³/mol. The quantitative estimate of drug-likeness (QED) is 0.576. The van der Waals surface area contributed by atoms with Gasteiger partial charge in [-0.2, -0.15) is 0 Å². The third-order valence-electron chi connectivity index (χ3n) is 3.15. The van der Waals surface area contributed by atoms with E-state index >= 15 is 0 Å². The summed E-state index contributed by atoms with van der Waals surface area (Å²) in [7, 11) is 3.52. The first kappa shape index (κ1) is 9.49. The van der Waals surface area contributed by atoms with Crippen LogP contribution in [0.2, 0.25) is 0 Å². The fraction of sp³-hybridized carbons (Fsp3) is 0.800. The van der Waals surface area contributed by atoms with E-state index in [1.165, 1.54) is 0 Å². The molecule has 0 aromatic heterocycles. The Morgan fingerprint density at radius 1 is 1.29 bits per heavy atom. The van der Waals surface area contributed by atoms with E-state index in [1.807, 2.05) is 4.90 Å². The SMILES string of the molecule is CN(C)C(=O)N1C2CCC1CC(=O)C2. The van der Waals surface area contributed by atoms with E-state index in [0.717, 1.165) is 12.8 Å². The van der Waals surface area contributed by atoms with E-state index in [-0.39, 0.29) is 18.1 Å². The minimum Gasteiger partial charge on any atom is -0.331 e. The van der Waals surface area contributed by atoms with E-state index in [9.17, 15) is 9.59 Å². The molecular formula is C10H16N2O2. The van der Waals surface area contributed by atoms with Crippen molar-refractivity contribution in [3.8, 4) is 0 Å². The Balaban J connectivity index is 2.15. The molecule has 78 valence electrons. The zero-order valence-corrected chi connectivity index (χ0v) is 8.69. The van der Waals surface area contributed by atoms with Crippen molar-refractivity contribution in [3.05, 3.63) is 0 Å². The number of hydrogen-bond acceptors (Lipinski definition) is 2. The lowest BCUT2D eigenvalue weighted by Crippen LogP contribution is -2.50. The van der Waals surface area contributed by atoms with Crippen LogP contribution in [0.4, 0.5) is 4.79 Å². The van der Waals surface area contributed by atoms with Crippen LogP contribution in [0.25, 0.3) is 0 Å². The van der Waals surface area contributed by atoms with Crippen molar-refractivity contribution >= 4 is 11.8 Å². The Morgan fingerprint density at radius 2 is 1.79 bits per heavy atom. The Morgan fingerprint density at radius 3 is 2.21 bits per heavy atom. The van der Waals surface area contributed by atoms with E-state index in [1.54, 1.807) is 19.0 Å². The van der Waals surface area contributed by atoms with E-state index in [2.05, 4.69) is 0 Å². The average molecular weight is 196 g/mol. The molecule has 4 heteroatoms. The zero-order valence-electron chi connectivity index (χ0n) is 8.69. The summed E-state index contributed by atoms with van der Waals surface area (Å²) in [6, 6.07) is 0.414. The summed E-state index contributed by atoms with van der Waals surface area (Å²) in [5.74, 6) is 0.320. The first-order valence-corrected chi connectivity index (χ1v) is 5.11. The van der Waals surface area contributed by atoms with Gasteiger partial charge in [0.05, 0.1) is 0 Å². The molecule has 0 N–H and O–H groups in total. The van der Waals surface area contributed by atoms with Gasteiger partial charge in [-0.1, -0.05) is 0 Å². The summed E-state index contributed by atoms with van der Waals surface area (Å²) in [4.78, 5) is 26.6. The summed E-state index contributed by atoms with van der Waals surface area (Å²) in [5, 5.41) is 0. The van der Waals surface area contributed by atoms with Crippen LogP contribution >= 0.6 is 0 Å². The van der Waals surface area contributed by atoms with Crippen molar-refractivity contribution in [1.29, 1.82) is 0 Å². The number of carbonyl (C=O) groups is 2. The summed E-state index contributed by atoms with van der Waals surface area (Å²) in [6.45, 7) is 0. The summed E-state index contributed by atoms with van der Waals surface area (Å²) >= 11 is 0. The normalized spacial score (nSPS) is 30.7. The van der Waals surface area contributed by atoms with Gasteiger partial charge in [0.1, 0.15) is 5.78 Å². The highest BCUT2D eigenvalue weighted by molar-refractivity contribution is 5.84. The minimum atomic E-state index is 0.0602. The smallest absolute Gasteiger partial charge is 0.320 e. The highest BCUT2D eigenvalue weighted by atomic mass is 16.2. The fourth-order valence-corrected chi connectivity index (χ4v) is 2.51. The molecule has 2 saturated heterocycles. The van der Waals surface area contributed by atoms with Crippen LogP contribution in [0, 0.1) is 0 Å². The minimum absolute atomic E-state index is 0.0602. The van der Waals surface area contributed by atoms with Crippen LogP contribution in [0.1, 0.15) is 25.7 Å². The number of ketones is 1. The van der Waals surface area contributed by atoms with Crippen LogP contribution < -0.4 is 0 Å². The lowest BCUT2D eigenvalue weighted by atomic mass is 10.0. The third kappa shape index (κ3) is 1.38. The van der Waals surface area contributed by atoms with Gasteiger partial charge < -0.3 is 9.80 Å². The molecule has 2 aliphatic rings. The number of fused-ring (bicyclic) bond motifs is 2. The van der Waals surface area contributed by atoms with Crippen LogP contribution in [0.5, 0.6) is 0 Å². The van der Waals surface area contributed by atoms with Gasteiger partial charge in [-0.05, 0) is 12.8 Å². The second kappa shape index (κ2) is 3.26. The van der Waals surface area contributed by atoms with Crippen molar-refractivity contribution in [1.82, 2.24) is 9.80 Å². The molecule has 0 aliphatic carbocycles. The Labute approximate surface area is 83.9 Å². The van der Waals surface area contributed by atoms with Crippen LogP contribution in [-0.2, 0) is 4.79 Å². The predicted octanol–water partition coefficient (Wildman–Crippen LogP) is 0.864. The highest BCUT2D eigenvalue weighted by Crippen LogP contribution is 2.34. The molecule has 2 unspecified atom stereocenters. The second-order valence-corrected chi connectivity index (χ2v) is 4.42. The van der Waals surface area contributed by atoms with Gasteiger partial charge in [-0.25, -0.2) is 4.79 Å². The number of carbonyl (C=O) groups excluding carboxylic acids is 2. The van der Waals surface area contributed by atoms with Crippen molar-refractivity contribution < 1.29 is 9.59 Å². The number of nitrogens with zero attached hydrogens (tertiary/aromatic N) is 2. The number of urea groups is 1. The van der Waals surface area contributed by atoms with Gasteiger partial charge in [0.25, 0.3) is 0 Å². The molecule has 2 atom stereocenters. The Hall–Kier alpha value is -1.06. The highest BCUT2D eigenvalue weighted by Gasteiger charge is 2.43.